The molecule has 0 spiro atoms. The van der Waals surface area contributed by atoms with E-state index in [0.717, 1.165) is 34.1 Å². The number of aryl methyl sites for hydroxylation is 3. The first-order chi connectivity index (χ1) is 8.06. The molecule has 2 aromatic rings. The first kappa shape index (κ1) is 12.2. The zero-order valence-electron chi connectivity index (χ0n) is 10.4. The normalized spacial score (nSPS) is 12.7. The van der Waals surface area contributed by atoms with Gasteiger partial charge in [0.25, 0.3) is 0 Å². The van der Waals surface area contributed by atoms with Crippen LogP contribution in [0.25, 0.3) is 0 Å². The van der Waals surface area contributed by atoms with Crippen LogP contribution in [0.5, 0.6) is 0 Å². The van der Waals surface area contributed by atoms with Crippen molar-refractivity contribution in [2.75, 3.05) is 0 Å². The van der Waals surface area contributed by atoms with Crippen molar-refractivity contribution in [1.29, 1.82) is 0 Å². The van der Waals surface area contributed by atoms with Gasteiger partial charge in [0.1, 0.15) is 0 Å². The molecule has 90 valence electrons. The second-order valence-corrected chi connectivity index (χ2v) is 5.36. The van der Waals surface area contributed by atoms with Crippen molar-refractivity contribution >= 4 is 11.3 Å². The predicted molar refractivity (Wildman–Crippen MR) is 71.2 cm³/mol. The Hall–Kier alpha value is -1.26. The van der Waals surface area contributed by atoms with Crippen LogP contribution in [0.4, 0.5) is 0 Å². The van der Waals surface area contributed by atoms with Crippen LogP contribution in [0.3, 0.4) is 0 Å². The molecule has 0 aliphatic rings. The van der Waals surface area contributed by atoms with Crippen molar-refractivity contribution < 1.29 is 0 Å². The molecule has 3 nitrogen and oxygen atoms in total. The summed E-state index contributed by atoms with van der Waals surface area (Å²) in [5.74, 6) is 0. The average molecular weight is 247 g/mol. The highest BCUT2D eigenvalue weighted by Crippen LogP contribution is 2.19. The fourth-order valence-corrected chi connectivity index (χ4v) is 2.55. The summed E-state index contributed by atoms with van der Waals surface area (Å²) in [6.45, 7) is 6.01. The topological polar surface area (TPSA) is 51.8 Å². The zero-order chi connectivity index (χ0) is 12.4. The maximum absolute atomic E-state index is 6.21. The highest BCUT2D eigenvalue weighted by molar-refractivity contribution is 7.09. The minimum Gasteiger partial charge on any atom is -0.324 e. The standard InChI is InChI=1S/C13H17N3S/c1-8-4-5-12(9(2)15-8)13(14)6-11-7-17-10(3)16-11/h4-5,7,13H,6,14H2,1-3H3. The minimum absolute atomic E-state index is 0.0235. The number of pyridine rings is 1. The molecular weight excluding hydrogens is 230 g/mol. The summed E-state index contributed by atoms with van der Waals surface area (Å²) in [6, 6.07) is 4.06. The number of hydrogen-bond acceptors (Lipinski definition) is 4. The van der Waals surface area contributed by atoms with E-state index in [-0.39, 0.29) is 6.04 Å². The third-order valence-corrected chi connectivity index (χ3v) is 3.58. The molecule has 0 bridgehead atoms. The highest BCUT2D eigenvalue weighted by Gasteiger charge is 2.12. The van der Waals surface area contributed by atoms with Gasteiger partial charge in [-0.05, 0) is 32.4 Å². The van der Waals surface area contributed by atoms with Crippen LogP contribution >= 0.6 is 11.3 Å². The largest absolute Gasteiger partial charge is 0.324 e. The van der Waals surface area contributed by atoms with Crippen LogP contribution in [-0.4, -0.2) is 9.97 Å². The molecule has 1 unspecified atom stereocenters. The maximum atomic E-state index is 6.21. The van der Waals surface area contributed by atoms with Crippen molar-refractivity contribution in [3.05, 3.63) is 45.2 Å². The van der Waals surface area contributed by atoms with E-state index in [1.807, 2.05) is 26.8 Å². The van der Waals surface area contributed by atoms with Crippen molar-refractivity contribution in [2.45, 2.75) is 33.2 Å². The van der Waals surface area contributed by atoms with E-state index in [9.17, 15) is 0 Å². The first-order valence-corrected chi connectivity index (χ1v) is 6.55. The van der Waals surface area contributed by atoms with E-state index in [1.54, 1.807) is 11.3 Å². The maximum Gasteiger partial charge on any atom is 0.0897 e. The fourth-order valence-electron chi connectivity index (χ4n) is 1.93. The first-order valence-electron chi connectivity index (χ1n) is 5.67. The Labute approximate surface area is 106 Å². The molecule has 0 aliphatic carbocycles. The molecular formula is C13H17N3S. The van der Waals surface area contributed by atoms with E-state index in [4.69, 9.17) is 5.73 Å². The molecule has 2 aromatic heterocycles. The molecule has 4 heteroatoms. The third-order valence-electron chi connectivity index (χ3n) is 2.76. The highest BCUT2D eigenvalue weighted by atomic mass is 32.1. The van der Waals surface area contributed by atoms with E-state index in [0.29, 0.717) is 0 Å². The SMILES string of the molecule is Cc1ccc(C(N)Cc2csc(C)n2)c(C)n1. The number of nitrogens with zero attached hydrogens (tertiary/aromatic N) is 2. The van der Waals surface area contributed by atoms with Crippen molar-refractivity contribution in [1.82, 2.24) is 9.97 Å². The molecule has 2 N–H and O–H groups in total. The number of hydrogen-bond donors (Lipinski definition) is 1. The number of nitrogens with two attached hydrogens (primary N) is 1. The Kier molecular flexibility index (Phi) is 3.54. The lowest BCUT2D eigenvalue weighted by molar-refractivity contribution is 0.698. The second-order valence-electron chi connectivity index (χ2n) is 4.30. The lowest BCUT2D eigenvalue weighted by Gasteiger charge is -2.13. The average Bonchev–Trinajstić information content (AvgIpc) is 2.63. The monoisotopic (exact) mass is 247 g/mol. The molecule has 17 heavy (non-hydrogen) atoms. The number of aromatic nitrogens is 2. The van der Waals surface area contributed by atoms with Gasteiger partial charge in [0.2, 0.25) is 0 Å². The van der Waals surface area contributed by atoms with Crippen LogP contribution in [0, 0.1) is 20.8 Å². The summed E-state index contributed by atoms with van der Waals surface area (Å²) >= 11 is 1.67. The minimum atomic E-state index is -0.0235. The Morgan fingerprint density at radius 3 is 2.59 bits per heavy atom. The number of thiazole rings is 1. The third kappa shape index (κ3) is 2.90. The molecule has 1 atom stereocenters. The van der Waals surface area contributed by atoms with Gasteiger partial charge in [-0.25, -0.2) is 4.98 Å². The quantitative estimate of drug-likeness (QED) is 0.907. The van der Waals surface area contributed by atoms with Gasteiger partial charge in [-0.2, -0.15) is 0 Å². The molecule has 0 aromatic carbocycles. The van der Waals surface area contributed by atoms with Gasteiger partial charge < -0.3 is 5.73 Å². The Morgan fingerprint density at radius 1 is 1.24 bits per heavy atom. The predicted octanol–water partition coefficient (Wildman–Crippen LogP) is 2.71. The van der Waals surface area contributed by atoms with Gasteiger partial charge in [-0.15, -0.1) is 11.3 Å². The lowest BCUT2D eigenvalue weighted by Crippen LogP contribution is -2.15. The van der Waals surface area contributed by atoms with Gasteiger partial charge in [-0.1, -0.05) is 6.07 Å². The summed E-state index contributed by atoms with van der Waals surface area (Å²) in [5.41, 5.74) is 10.4. The van der Waals surface area contributed by atoms with Gasteiger partial charge >= 0.3 is 0 Å². The van der Waals surface area contributed by atoms with Gasteiger partial charge in [0, 0.05) is 29.2 Å². The fraction of sp³-hybridized carbons (Fsp3) is 0.385. The lowest BCUT2D eigenvalue weighted by atomic mass is 10.0. The molecule has 0 fully saturated rings. The zero-order valence-corrected chi connectivity index (χ0v) is 11.2. The van der Waals surface area contributed by atoms with Crippen LogP contribution in [0.15, 0.2) is 17.5 Å². The van der Waals surface area contributed by atoms with E-state index < -0.39 is 0 Å². The van der Waals surface area contributed by atoms with Crippen LogP contribution in [-0.2, 0) is 6.42 Å². The van der Waals surface area contributed by atoms with Gasteiger partial charge in [0.15, 0.2) is 0 Å². The summed E-state index contributed by atoms with van der Waals surface area (Å²) in [7, 11) is 0. The Balaban J connectivity index is 2.17. The van der Waals surface area contributed by atoms with Crippen molar-refractivity contribution in [3.63, 3.8) is 0 Å². The van der Waals surface area contributed by atoms with E-state index >= 15 is 0 Å². The van der Waals surface area contributed by atoms with E-state index in [1.165, 1.54) is 0 Å². The van der Waals surface area contributed by atoms with Gasteiger partial charge in [-0.3, -0.25) is 4.98 Å². The Bertz CT molecular complexity index is 519. The molecule has 2 rings (SSSR count). The van der Waals surface area contributed by atoms with Gasteiger partial charge in [0.05, 0.1) is 10.7 Å². The number of rotatable bonds is 3. The van der Waals surface area contributed by atoms with Crippen LogP contribution in [0.2, 0.25) is 0 Å². The summed E-state index contributed by atoms with van der Waals surface area (Å²) < 4.78 is 0. The van der Waals surface area contributed by atoms with Crippen molar-refractivity contribution in [2.24, 2.45) is 5.73 Å². The second kappa shape index (κ2) is 4.94. The molecule has 0 saturated carbocycles. The van der Waals surface area contributed by atoms with Crippen LogP contribution in [0.1, 0.15) is 33.7 Å². The van der Waals surface area contributed by atoms with Crippen LogP contribution < -0.4 is 5.73 Å². The molecule has 0 amide bonds. The van der Waals surface area contributed by atoms with E-state index in [2.05, 4.69) is 21.4 Å². The molecule has 2 heterocycles. The molecule has 0 saturated heterocycles. The Morgan fingerprint density at radius 2 is 2.00 bits per heavy atom. The summed E-state index contributed by atoms with van der Waals surface area (Å²) in [6.07, 6.45) is 0.774. The molecule has 0 aliphatic heterocycles. The summed E-state index contributed by atoms with van der Waals surface area (Å²) in [5, 5.41) is 3.16. The summed E-state index contributed by atoms with van der Waals surface area (Å²) in [4.78, 5) is 8.89. The van der Waals surface area contributed by atoms with Crippen molar-refractivity contribution in [3.8, 4) is 0 Å². The smallest absolute Gasteiger partial charge is 0.0897 e. The molecule has 0 radical (unpaired) electrons.